The molecule has 0 unspecified atom stereocenters. The van der Waals surface area contributed by atoms with Gasteiger partial charge in [-0.2, -0.15) is 9.15 Å². The Kier molecular flexibility index (Phi) is 12.7. The molecule has 0 bridgehead atoms. The van der Waals surface area contributed by atoms with Crippen LogP contribution in [0.15, 0.2) is 0 Å². The SMILES string of the molecule is CC1CC[N+](=C(S)[SH2+])CC1.CC1CC[N+](=C(S)[SH2+])CC1.[Pt+2]. The van der Waals surface area contributed by atoms with Crippen molar-refractivity contribution in [1.82, 2.24) is 0 Å². The Morgan fingerprint density at radius 3 is 1.19 bits per heavy atom. The summed E-state index contributed by atoms with van der Waals surface area (Å²) < 4.78 is 6.48. The molecule has 0 aromatic heterocycles. The molecule has 0 N–H and O–H groups in total. The van der Waals surface area contributed by atoms with Gasteiger partial charge in [-0.05, 0) is 37.1 Å². The summed E-state index contributed by atoms with van der Waals surface area (Å²) in [5.74, 6) is 1.80. The van der Waals surface area contributed by atoms with Gasteiger partial charge in [-0.3, -0.25) is 0 Å². The smallest absolute Gasteiger partial charge is 0.184 e. The molecule has 2 rings (SSSR count). The molecule has 2 aliphatic rings. The Morgan fingerprint density at radius 1 is 0.762 bits per heavy atom. The van der Waals surface area contributed by atoms with Gasteiger partial charge in [0.2, 0.25) is 0 Å². The molecule has 0 saturated carbocycles. The van der Waals surface area contributed by atoms with Crippen molar-refractivity contribution in [3.8, 4) is 0 Å². The van der Waals surface area contributed by atoms with Gasteiger partial charge < -0.3 is 0 Å². The minimum Gasteiger partial charge on any atom is -0.184 e. The van der Waals surface area contributed by atoms with Crippen LogP contribution in [0.5, 0.6) is 0 Å². The van der Waals surface area contributed by atoms with E-state index in [0.29, 0.717) is 0 Å². The maximum Gasteiger partial charge on any atom is 2.00 e. The summed E-state index contributed by atoms with van der Waals surface area (Å²) in [6, 6.07) is 0. The van der Waals surface area contributed by atoms with E-state index in [-0.39, 0.29) is 21.1 Å². The van der Waals surface area contributed by atoms with Crippen molar-refractivity contribution in [2.45, 2.75) is 39.5 Å². The molecule has 21 heavy (non-hydrogen) atoms. The zero-order valence-electron chi connectivity index (χ0n) is 12.9. The third-order valence-corrected chi connectivity index (χ3v) is 5.36. The third-order valence-electron chi connectivity index (χ3n) is 4.17. The van der Waals surface area contributed by atoms with Gasteiger partial charge in [0.15, 0.2) is 0 Å². The van der Waals surface area contributed by atoms with Crippen LogP contribution < -0.4 is 0 Å². The Balaban J connectivity index is 0.000000364. The van der Waals surface area contributed by atoms with Crippen LogP contribution in [0.2, 0.25) is 0 Å². The Labute approximate surface area is 166 Å². The first-order chi connectivity index (χ1) is 9.40. The minimum atomic E-state index is 0. The molecule has 0 aromatic carbocycles. The van der Waals surface area contributed by atoms with Gasteiger partial charge in [0.05, 0.1) is 25.3 Å². The number of rotatable bonds is 0. The molecule has 2 saturated heterocycles. The standard InChI is InChI=1S/2C7H13NS2.Pt/c2*1-6-2-4-8(5-3-6)7(9)10;/h2*6H,2-5H2,1H3,(H,9,10);/q;;+2/p+4. The van der Waals surface area contributed by atoms with Crippen molar-refractivity contribution in [1.29, 1.82) is 0 Å². The number of piperidine rings is 2. The predicted octanol–water partition coefficient (Wildman–Crippen LogP) is 1.45. The molecule has 0 radical (unpaired) electrons. The van der Waals surface area contributed by atoms with Crippen LogP contribution in [0.1, 0.15) is 39.5 Å². The number of thiol groups is 2. The van der Waals surface area contributed by atoms with E-state index >= 15 is 0 Å². The largest absolute Gasteiger partial charge is 2.00 e. The van der Waals surface area contributed by atoms with E-state index in [0.717, 1.165) is 46.8 Å². The molecule has 0 aliphatic carbocycles. The molecular weight excluding hydrogens is 520 g/mol. The van der Waals surface area contributed by atoms with Crippen LogP contribution in [-0.2, 0) is 46.3 Å². The van der Waals surface area contributed by atoms with Crippen LogP contribution in [0, 0.1) is 11.8 Å². The second kappa shape index (κ2) is 11.9. The zero-order chi connectivity index (χ0) is 15.1. The van der Waals surface area contributed by atoms with E-state index in [2.05, 4.69) is 73.5 Å². The summed E-state index contributed by atoms with van der Waals surface area (Å²) in [7, 11) is 0. The predicted molar refractivity (Wildman–Crippen MR) is 105 cm³/mol. The van der Waals surface area contributed by atoms with E-state index in [1.54, 1.807) is 0 Å². The average molecular weight is 550 g/mol. The van der Waals surface area contributed by atoms with Crippen molar-refractivity contribution in [2.75, 3.05) is 26.2 Å². The summed E-state index contributed by atoms with van der Waals surface area (Å²) >= 11 is 15.3. The van der Waals surface area contributed by atoms with E-state index in [1.807, 2.05) is 0 Å². The van der Waals surface area contributed by atoms with Gasteiger partial charge in [-0.25, -0.2) is 0 Å². The minimum absolute atomic E-state index is 0. The van der Waals surface area contributed by atoms with Crippen LogP contribution in [0.25, 0.3) is 0 Å². The van der Waals surface area contributed by atoms with Gasteiger partial charge >= 0.3 is 29.8 Å². The second-order valence-corrected chi connectivity index (χ2v) is 8.62. The van der Waals surface area contributed by atoms with Gasteiger partial charge in [0, 0.05) is 25.7 Å². The summed E-state index contributed by atoms with van der Waals surface area (Å²) in [4.78, 5) is 0. The van der Waals surface area contributed by atoms with Crippen molar-refractivity contribution in [3.63, 3.8) is 0 Å². The van der Waals surface area contributed by atoms with Gasteiger partial charge in [-0.15, -0.1) is 0 Å². The van der Waals surface area contributed by atoms with Gasteiger partial charge in [0.1, 0.15) is 26.2 Å². The van der Waals surface area contributed by atoms with Crippen molar-refractivity contribution < 1.29 is 30.2 Å². The number of hydrogen-bond acceptors (Lipinski definition) is 0. The normalized spacial score (nSPS) is 25.4. The van der Waals surface area contributed by atoms with Crippen LogP contribution in [-0.4, -0.2) is 44.1 Å². The fraction of sp³-hybridized carbons (Fsp3) is 0.857. The van der Waals surface area contributed by atoms with Crippen LogP contribution >= 0.6 is 25.3 Å². The summed E-state index contributed by atoms with van der Waals surface area (Å²) in [6.07, 6.45) is 5.20. The van der Waals surface area contributed by atoms with Crippen molar-refractivity contribution in [3.05, 3.63) is 0 Å². The summed E-state index contributed by atoms with van der Waals surface area (Å²) in [5.41, 5.74) is 0. The molecule has 2 fully saturated rings. The second-order valence-electron chi connectivity index (χ2n) is 5.99. The fourth-order valence-electron chi connectivity index (χ4n) is 2.44. The topological polar surface area (TPSA) is 6.02 Å². The molecule has 0 aromatic rings. The van der Waals surface area contributed by atoms with E-state index in [4.69, 9.17) is 0 Å². The van der Waals surface area contributed by atoms with Crippen LogP contribution in [0.4, 0.5) is 0 Å². The van der Waals surface area contributed by atoms with Gasteiger partial charge in [-0.1, -0.05) is 13.8 Å². The first kappa shape index (κ1) is 22.4. The molecule has 0 spiro atoms. The number of nitrogens with zero attached hydrogens (tertiary/aromatic N) is 2. The molecule has 0 amide bonds. The first-order valence-electron chi connectivity index (χ1n) is 7.45. The molecule has 124 valence electrons. The average Bonchev–Trinajstić information content (AvgIpc) is 2.40. The summed E-state index contributed by atoms with van der Waals surface area (Å²) in [5, 5.41) is 0. The molecule has 2 nitrogen and oxygen atoms in total. The maximum atomic E-state index is 4.23. The Bertz CT molecular complexity index is 321. The van der Waals surface area contributed by atoms with E-state index in [1.165, 1.54) is 25.7 Å². The van der Waals surface area contributed by atoms with Gasteiger partial charge in [0.25, 0.3) is 0 Å². The Morgan fingerprint density at radius 2 is 1.00 bits per heavy atom. The third kappa shape index (κ3) is 9.34. The van der Waals surface area contributed by atoms with E-state index < -0.39 is 0 Å². The Hall–Kier alpha value is 1.43. The van der Waals surface area contributed by atoms with E-state index in [9.17, 15) is 0 Å². The van der Waals surface area contributed by atoms with Crippen LogP contribution in [0.3, 0.4) is 0 Å². The van der Waals surface area contributed by atoms with Crippen molar-refractivity contribution in [2.24, 2.45) is 11.8 Å². The first-order valence-corrected chi connectivity index (χ1v) is 9.34. The molecule has 7 heteroatoms. The number of hydrogen-bond donors (Lipinski definition) is 2. The van der Waals surface area contributed by atoms with Crippen molar-refractivity contribution >= 4 is 59.3 Å². The molecule has 2 aliphatic heterocycles. The molecule has 2 heterocycles. The zero-order valence-corrected chi connectivity index (χ0v) is 19.0. The monoisotopic (exact) mass is 549 g/mol. The summed E-state index contributed by atoms with van der Waals surface area (Å²) in [6.45, 7) is 9.24. The molecular formula is C14H30N2PtS4+6. The fourth-order valence-corrected chi connectivity index (χ4v) is 3.29. The molecule has 0 atom stereocenters. The quantitative estimate of drug-likeness (QED) is 0.196. The maximum absolute atomic E-state index is 4.23.